The van der Waals surface area contributed by atoms with Crippen LogP contribution >= 0.6 is 12.2 Å². The van der Waals surface area contributed by atoms with Crippen molar-refractivity contribution in [2.24, 2.45) is 0 Å². The Morgan fingerprint density at radius 2 is 1.68 bits per heavy atom. The van der Waals surface area contributed by atoms with Crippen LogP contribution in [0.1, 0.15) is 18.9 Å². The lowest BCUT2D eigenvalue weighted by Crippen LogP contribution is -2.33. The summed E-state index contributed by atoms with van der Waals surface area (Å²) in [5, 5.41) is 5.51. The third-order valence-corrected chi connectivity index (χ3v) is 4.93. The first-order chi connectivity index (χ1) is 11.9. The van der Waals surface area contributed by atoms with Gasteiger partial charge < -0.3 is 10.6 Å². The maximum Gasteiger partial charge on any atom is 0.240 e. The van der Waals surface area contributed by atoms with Gasteiger partial charge in [-0.05, 0) is 42.0 Å². The van der Waals surface area contributed by atoms with Crippen molar-refractivity contribution in [2.75, 3.05) is 5.32 Å². The van der Waals surface area contributed by atoms with Crippen LogP contribution in [0.3, 0.4) is 0 Å². The Hall–Kier alpha value is -2.29. The normalized spacial score (nSPS) is 10.9. The van der Waals surface area contributed by atoms with Crippen molar-refractivity contribution in [1.29, 1.82) is 0 Å². The lowest BCUT2D eigenvalue weighted by Gasteiger charge is -2.10. The standard InChI is InChI=1S/C17H19N3O3S2/c1-2-16(21)20-17(24)19-14-8-10-15(11-9-14)25(22,23)18-12-13-6-4-3-5-7-13/h3-11,18H,2,12H2,1H3,(H2,19,20,21,24). The van der Waals surface area contributed by atoms with Gasteiger partial charge in [0, 0.05) is 18.7 Å². The molecule has 6 nitrogen and oxygen atoms in total. The minimum Gasteiger partial charge on any atom is -0.332 e. The number of amides is 1. The molecule has 3 N–H and O–H groups in total. The van der Waals surface area contributed by atoms with Crippen LogP contribution in [0.15, 0.2) is 59.5 Å². The highest BCUT2D eigenvalue weighted by atomic mass is 32.2. The van der Waals surface area contributed by atoms with Crippen LogP contribution in [-0.4, -0.2) is 19.4 Å². The van der Waals surface area contributed by atoms with E-state index < -0.39 is 10.0 Å². The van der Waals surface area contributed by atoms with E-state index in [1.54, 1.807) is 19.1 Å². The molecule has 0 heterocycles. The van der Waals surface area contributed by atoms with Crippen LogP contribution in [0.25, 0.3) is 0 Å². The van der Waals surface area contributed by atoms with Crippen LogP contribution in [-0.2, 0) is 21.4 Å². The first kappa shape index (κ1) is 19.0. The van der Waals surface area contributed by atoms with E-state index in [1.807, 2.05) is 30.3 Å². The average molecular weight is 377 g/mol. The summed E-state index contributed by atoms with van der Waals surface area (Å²) in [6.07, 6.45) is 0.325. The van der Waals surface area contributed by atoms with Crippen LogP contribution in [0.4, 0.5) is 5.69 Å². The van der Waals surface area contributed by atoms with E-state index >= 15 is 0 Å². The van der Waals surface area contributed by atoms with E-state index in [2.05, 4.69) is 15.4 Å². The Balaban J connectivity index is 1.98. The van der Waals surface area contributed by atoms with Crippen LogP contribution in [0.5, 0.6) is 0 Å². The highest BCUT2D eigenvalue weighted by Gasteiger charge is 2.13. The lowest BCUT2D eigenvalue weighted by atomic mass is 10.2. The molecule has 0 aliphatic rings. The fourth-order valence-corrected chi connectivity index (χ4v) is 3.20. The number of benzene rings is 2. The van der Waals surface area contributed by atoms with E-state index in [1.165, 1.54) is 12.1 Å². The molecule has 2 rings (SSSR count). The summed E-state index contributed by atoms with van der Waals surface area (Å²) in [5.74, 6) is -0.193. The predicted molar refractivity (Wildman–Crippen MR) is 102 cm³/mol. The van der Waals surface area contributed by atoms with Crippen molar-refractivity contribution in [3.63, 3.8) is 0 Å². The summed E-state index contributed by atoms with van der Waals surface area (Å²) >= 11 is 5.01. The summed E-state index contributed by atoms with van der Waals surface area (Å²) < 4.78 is 27.2. The number of hydrogen-bond donors (Lipinski definition) is 3. The third kappa shape index (κ3) is 5.93. The van der Waals surface area contributed by atoms with Gasteiger partial charge in [0.15, 0.2) is 5.11 Å². The van der Waals surface area contributed by atoms with Gasteiger partial charge in [-0.25, -0.2) is 13.1 Å². The Morgan fingerprint density at radius 3 is 2.28 bits per heavy atom. The summed E-state index contributed by atoms with van der Waals surface area (Å²) in [4.78, 5) is 11.4. The van der Waals surface area contributed by atoms with Gasteiger partial charge in [-0.3, -0.25) is 4.79 Å². The highest BCUT2D eigenvalue weighted by Crippen LogP contribution is 2.14. The molecule has 0 aliphatic carbocycles. The Kier molecular flexibility index (Phi) is 6.63. The quantitative estimate of drug-likeness (QED) is 0.673. The summed E-state index contributed by atoms with van der Waals surface area (Å²) in [7, 11) is -3.61. The zero-order valence-electron chi connectivity index (χ0n) is 13.7. The number of sulfonamides is 1. The number of thiocarbonyl (C=S) groups is 1. The third-order valence-electron chi connectivity index (χ3n) is 3.31. The first-order valence-corrected chi connectivity index (χ1v) is 9.54. The Labute approximate surface area is 152 Å². The minimum absolute atomic E-state index is 0.150. The van der Waals surface area contributed by atoms with Gasteiger partial charge >= 0.3 is 0 Å². The number of anilines is 1. The average Bonchev–Trinajstić information content (AvgIpc) is 2.61. The molecule has 2 aromatic carbocycles. The number of carbonyl (C=O) groups excluding carboxylic acids is 1. The molecule has 0 fully saturated rings. The number of hydrogen-bond acceptors (Lipinski definition) is 4. The molecule has 25 heavy (non-hydrogen) atoms. The van der Waals surface area contributed by atoms with Gasteiger partial charge in [0.25, 0.3) is 0 Å². The molecule has 132 valence electrons. The van der Waals surface area contributed by atoms with E-state index in [4.69, 9.17) is 12.2 Å². The zero-order valence-corrected chi connectivity index (χ0v) is 15.3. The van der Waals surface area contributed by atoms with Gasteiger partial charge in [0.05, 0.1) is 4.90 Å². The van der Waals surface area contributed by atoms with Crippen molar-refractivity contribution in [2.45, 2.75) is 24.8 Å². The number of nitrogens with one attached hydrogen (secondary N) is 3. The monoisotopic (exact) mass is 377 g/mol. The van der Waals surface area contributed by atoms with E-state index in [0.717, 1.165) is 5.56 Å². The number of carbonyl (C=O) groups is 1. The largest absolute Gasteiger partial charge is 0.332 e. The van der Waals surface area contributed by atoms with Gasteiger partial charge in [0.1, 0.15) is 0 Å². The fourth-order valence-electron chi connectivity index (χ4n) is 1.95. The molecule has 0 unspecified atom stereocenters. The summed E-state index contributed by atoms with van der Waals surface area (Å²) in [5.41, 5.74) is 1.46. The molecule has 2 aromatic rings. The maximum absolute atomic E-state index is 12.3. The minimum atomic E-state index is -3.61. The second-order valence-electron chi connectivity index (χ2n) is 5.19. The van der Waals surface area contributed by atoms with Crippen molar-refractivity contribution in [1.82, 2.24) is 10.0 Å². The second-order valence-corrected chi connectivity index (χ2v) is 7.37. The van der Waals surface area contributed by atoms with Gasteiger partial charge in [-0.1, -0.05) is 37.3 Å². The molecular weight excluding hydrogens is 358 g/mol. The van der Waals surface area contributed by atoms with Gasteiger partial charge in [-0.2, -0.15) is 0 Å². The van der Waals surface area contributed by atoms with Crippen molar-refractivity contribution in [3.8, 4) is 0 Å². The Morgan fingerprint density at radius 1 is 1.04 bits per heavy atom. The smallest absolute Gasteiger partial charge is 0.240 e. The molecule has 0 aromatic heterocycles. The van der Waals surface area contributed by atoms with Crippen LogP contribution in [0.2, 0.25) is 0 Å². The summed E-state index contributed by atoms with van der Waals surface area (Å²) in [6, 6.07) is 15.4. The molecule has 0 bridgehead atoms. The second kappa shape index (κ2) is 8.70. The molecule has 0 spiro atoms. The molecule has 0 saturated carbocycles. The van der Waals surface area contributed by atoms with Gasteiger partial charge in [-0.15, -0.1) is 0 Å². The molecule has 0 radical (unpaired) electrons. The highest BCUT2D eigenvalue weighted by molar-refractivity contribution is 7.89. The van der Waals surface area contributed by atoms with Crippen molar-refractivity contribution >= 4 is 38.9 Å². The molecule has 1 amide bonds. The zero-order chi connectivity index (χ0) is 18.3. The van der Waals surface area contributed by atoms with Crippen LogP contribution < -0.4 is 15.4 Å². The van der Waals surface area contributed by atoms with E-state index in [9.17, 15) is 13.2 Å². The van der Waals surface area contributed by atoms with Crippen molar-refractivity contribution < 1.29 is 13.2 Å². The van der Waals surface area contributed by atoms with E-state index in [-0.39, 0.29) is 22.5 Å². The molecule has 0 aliphatic heterocycles. The SMILES string of the molecule is CCC(=O)NC(=S)Nc1ccc(S(=O)(=O)NCc2ccccc2)cc1. The molecule has 0 saturated heterocycles. The van der Waals surface area contributed by atoms with Gasteiger partial charge in [0.2, 0.25) is 15.9 Å². The fraction of sp³-hybridized carbons (Fsp3) is 0.176. The maximum atomic E-state index is 12.3. The first-order valence-electron chi connectivity index (χ1n) is 7.65. The molecule has 0 atom stereocenters. The van der Waals surface area contributed by atoms with Crippen LogP contribution in [0, 0.1) is 0 Å². The number of rotatable bonds is 6. The predicted octanol–water partition coefficient (Wildman–Crippen LogP) is 2.39. The summed E-state index contributed by atoms with van der Waals surface area (Å²) in [6.45, 7) is 1.94. The Bertz CT molecular complexity index is 835. The van der Waals surface area contributed by atoms with E-state index in [0.29, 0.717) is 12.1 Å². The molecular formula is C17H19N3O3S2. The van der Waals surface area contributed by atoms with Crippen molar-refractivity contribution in [3.05, 3.63) is 60.2 Å². The lowest BCUT2D eigenvalue weighted by molar-refractivity contribution is -0.119. The molecule has 8 heteroatoms. The topological polar surface area (TPSA) is 87.3 Å².